The van der Waals surface area contributed by atoms with Crippen molar-refractivity contribution in [3.63, 3.8) is 0 Å². The number of alkyl carbamates (subject to hydrolysis) is 1. The molecule has 0 radical (unpaired) electrons. The fraction of sp³-hybridized carbons (Fsp3) is 0.500. The Morgan fingerprint density at radius 3 is 2.48 bits per heavy atom. The normalized spacial score (nSPS) is 15.4. The van der Waals surface area contributed by atoms with Crippen LogP contribution in [0.1, 0.15) is 62.5 Å². The number of halogens is 2. The first-order chi connectivity index (χ1) is 21.0. The highest BCUT2D eigenvalue weighted by Crippen LogP contribution is 2.28. The molecule has 240 valence electrons. The van der Waals surface area contributed by atoms with Gasteiger partial charge in [0, 0.05) is 36.5 Å². The smallest absolute Gasteiger partial charge is 0.408 e. The number of amides is 3. The monoisotopic (exact) mass is 649 g/mol. The Kier molecular flexibility index (Phi) is 13.8. The Labute approximate surface area is 268 Å². The van der Waals surface area contributed by atoms with Gasteiger partial charge in [0.05, 0.1) is 7.11 Å². The predicted molar refractivity (Wildman–Crippen MR) is 167 cm³/mol. The average Bonchev–Trinajstić information content (AvgIpc) is 3.01. The highest BCUT2D eigenvalue weighted by Gasteiger charge is 2.41. The van der Waals surface area contributed by atoms with E-state index in [4.69, 9.17) is 32.7 Å². The first kappa shape index (κ1) is 35.1. The van der Waals surface area contributed by atoms with Gasteiger partial charge in [-0.1, -0.05) is 85.6 Å². The number of aliphatic hydroxyl groups is 1. The van der Waals surface area contributed by atoms with Crippen LogP contribution in [0.15, 0.2) is 48.5 Å². The maximum atomic E-state index is 13.5. The number of ether oxygens (including phenoxy) is 2. The molecule has 0 heterocycles. The first-order valence-electron chi connectivity index (χ1n) is 14.8. The minimum Gasteiger partial charge on any atom is -0.465 e. The molecular formula is C32H41Cl2N3O7. The topological polar surface area (TPSA) is 134 Å². The summed E-state index contributed by atoms with van der Waals surface area (Å²) < 4.78 is 10.1. The number of esters is 1. The maximum absolute atomic E-state index is 13.5. The third-order valence-electron chi connectivity index (χ3n) is 7.82. The minimum atomic E-state index is -2.50. The van der Waals surface area contributed by atoms with E-state index in [9.17, 15) is 24.3 Å². The molecule has 2 aromatic carbocycles. The second-order valence-electron chi connectivity index (χ2n) is 11.1. The third-order valence-corrected chi connectivity index (χ3v) is 8.42. The van der Waals surface area contributed by atoms with Gasteiger partial charge in [-0.2, -0.15) is 0 Å². The molecule has 3 N–H and O–H groups in total. The highest BCUT2D eigenvalue weighted by molar-refractivity contribution is 6.31. The number of rotatable bonds is 14. The van der Waals surface area contributed by atoms with Crippen LogP contribution in [-0.2, 0) is 36.9 Å². The summed E-state index contributed by atoms with van der Waals surface area (Å²) in [5, 5.41) is 17.3. The van der Waals surface area contributed by atoms with Crippen molar-refractivity contribution in [3.05, 3.63) is 69.7 Å². The molecule has 3 amide bonds. The van der Waals surface area contributed by atoms with E-state index in [1.54, 1.807) is 37.4 Å². The lowest BCUT2D eigenvalue weighted by atomic mass is 9.84. The number of nitrogens with one attached hydrogen (secondary N) is 2. The lowest BCUT2D eigenvalue weighted by Gasteiger charge is -2.31. The van der Waals surface area contributed by atoms with Crippen molar-refractivity contribution < 1.29 is 33.8 Å². The van der Waals surface area contributed by atoms with Crippen LogP contribution < -0.4 is 10.6 Å². The van der Waals surface area contributed by atoms with Crippen molar-refractivity contribution >= 4 is 47.1 Å². The van der Waals surface area contributed by atoms with Crippen LogP contribution in [-0.4, -0.2) is 66.4 Å². The number of hydrogen-bond acceptors (Lipinski definition) is 7. The van der Waals surface area contributed by atoms with Gasteiger partial charge in [0.1, 0.15) is 12.6 Å². The van der Waals surface area contributed by atoms with Crippen LogP contribution in [0.5, 0.6) is 0 Å². The van der Waals surface area contributed by atoms with Gasteiger partial charge in [0.15, 0.2) is 0 Å². The fourth-order valence-corrected chi connectivity index (χ4v) is 5.66. The molecule has 0 saturated heterocycles. The largest absolute Gasteiger partial charge is 0.465 e. The molecule has 0 aliphatic heterocycles. The number of carbonyl (C=O) groups is 4. The van der Waals surface area contributed by atoms with Crippen molar-refractivity contribution in [3.8, 4) is 0 Å². The van der Waals surface area contributed by atoms with Crippen LogP contribution in [0.2, 0.25) is 10.0 Å². The molecule has 1 fully saturated rings. The van der Waals surface area contributed by atoms with Crippen molar-refractivity contribution in [1.29, 1.82) is 0 Å². The molecule has 3 rings (SSSR count). The van der Waals surface area contributed by atoms with Gasteiger partial charge < -0.3 is 30.1 Å². The molecule has 0 aromatic heterocycles. The Hall–Kier alpha value is -3.34. The highest BCUT2D eigenvalue weighted by atomic mass is 35.5. The van der Waals surface area contributed by atoms with Crippen LogP contribution in [0.4, 0.5) is 4.79 Å². The predicted octanol–water partition coefficient (Wildman–Crippen LogP) is 5.02. The Morgan fingerprint density at radius 2 is 1.80 bits per heavy atom. The minimum absolute atomic E-state index is 0.0671. The molecule has 44 heavy (non-hydrogen) atoms. The first-order valence-corrected chi connectivity index (χ1v) is 15.5. The van der Waals surface area contributed by atoms with Crippen molar-refractivity contribution in [2.75, 3.05) is 20.7 Å². The number of hydrogen-bond donors (Lipinski definition) is 3. The molecule has 12 heteroatoms. The van der Waals surface area contributed by atoms with Gasteiger partial charge in [-0.3, -0.25) is 9.59 Å². The molecule has 1 unspecified atom stereocenters. The second kappa shape index (κ2) is 17.2. The molecule has 2 atom stereocenters. The van der Waals surface area contributed by atoms with Crippen LogP contribution in [0.25, 0.3) is 0 Å². The Bertz CT molecular complexity index is 1290. The summed E-state index contributed by atoms with van der Waals surface area (Å²) in [6.07, 6.45) is 4.18. The maximum Gasteiger partial charge on any atom is 0.408 e. The number of carbonyl (C=O) groups excluding carboxylic acids is 4. The van der Waals surface area contributed by atoms with Gasteiger partial charge in [0.2, 0.25) is 17.5 Å². The summed E-state index contributed by atoms with van der Waals surface area (Å²) in [5.74, 6) is -2.11. The van der Waals surface area contributed by atoms with E-state index in [0.717, 1.165) is 44.8 Å². The van der Waals surface area contributed by atoms with E-state index in [1.165, 1.54) is 4.90 Å². The summed E-state index contributed by atoms with van der Waals surface area (Å²) in [5.41, 5.74) is -0.945. The summed E-state index contributed by atoms with van der Waals surface area (Å²) in [6, 6.07) is 13.1. The quantitative estimate of drug-likeness (QED) is 0.193. The zero-order valence-corrected chi connectivity index (χ0v) is 26.7. The molecule has 1 aliphatic rings. The molecule has 1 aliphatic carbocycles. The van der Waals surface area contributed by atoms with Crippen molar-refractivity contribution in [2.24, 2.45) is 5.92 Å². The van der Waals surface area contributed by atoms with E-state index in [0.29, 0.717) is 35.0 Å². The molecule has 10 nitrogen and oxygen atoms in total. The number of nitrogens with zero attached hydrogens (tertiary/aromatic N) is 1. The average molecular weight is 651 g/mol. The number of benzene rings is 2. The van der Waals surface area contributed by atoms with Gasteiger partial charge in [0.25, 0.3) is 0 Å². The number of methoxy groups -OCH3 is 1. The van der Waals surface area contributed by atoms with E-state index in [1.807, 2.05) is 18.2 Å². The van der Waals surface area contributed by atoms with Crippen LogP contribution in [0, 0.1) is 5.92 Å². The molecular weight excluding hydrogens is 609 g/mol. The lowest BCUT2D eigenvalue weighted by Crippen LogP contribution is -2.60. The molecule has 1 saturated carbocycles. The number of likely N-dealkylation sites (N-methyl/N-ethyl adjacent to an activating group) is 1. The van der Waals surface area contributed by atoms with Crippen molar-refractivity contribution in [1.82, 2.24) is 15.5 Å². The van der Waals surface area contributed by atoms with Crippen molar-refractivity contribution in [2.45, 2.75) is 76.2 Å². The van der Waals surface area contributed by atoms with Crippen LogP contribution in [0.3, 0.4) is 0 Å². The lowest BCUT2D eigenvalue weighted by molar-refractivity contribution is -0.171. The molecule has 2 aromatic rings. The second-order valence-corrected chi connectivity index (χ2v) is 12.0. The van der Waals surface area contributed by atoms with Crippen LogP contribution >= 0.6 is 23.2 Å². The van der Waals surface area contributed by atoms with E-state index >= 15 is 0 Å². The Balaban J connectivity index is 1.64. The van der Waals surface area contributed by atoms with Gasteiger partial charge >= 0.3 is 12.1 Å². The van der Waals surface area contributed by atoms with E-state index in [2.05, 4.69) is 10.6 Å². The van der Waals surface area contributed by atoms with Gasteiger partial charge in [-0.25, -0.2) is 9.59 Å². The van der Waals surface area contributed by atoms with Gasteiger partial charge in [-0.15, -0.1) is 0 Å². The molecule has 0 spiro atoms. The van der Waals surface area contributed by atoms with Gasteiger partial charge in [-0.05, 0) is 48.1 Å². The third kappa shape index (κ3) is 11.0. The summed E-state index contributed by atoms with van der Waals surface area (Å²) in [6.45, 7) is 0.290. The summed E-state index contributed by atoms with van der Waals surface area (Å²) in [7, 11) is 2.68. The fourth-order valence-electron chi connectivity index (χ4n) is 5.22. The van der Waals surface area contributed by atoms with E-state index in [-0.39, 0.29) is 24.9 Å². The zero-order chi connectivity index (χ0) is 32.1. The Morgan fingerprint density at radius 1 is 1.07 bits per heavy atom. The summed E-state index contributed by atoms with van der Waals surface area (Å²) in [4.78, 5) is 53.2. The standard InChI is InChI=1S/C32H41Cl2N3O7/c1-37(18-16-24-12-6-7-14-26(24)34)28(38)15-17-32(42,30(40)43-2)36-29(39)27(20-22-9-4-3-5-10-22)35-31(41)44-21-23-11-8-13-25(33)19-23/h6-8,11-14,19,22,27,42H,3-5,9-10,15-18,20-21H2,1-2H3,(H,35,41)(H,36,39)/t27-,32?/m0/s1. The SMILES string of the molecule is COC(=O)C(O)(CCC(=O)N(C)CCc1ccccc1Cl)NC(=O)[C@H](CC1CCCCC1)NC(=O)OCc1cccc(Cl)c1. The van der Waals surface area contributed by atoms with E-state index < -0.39 is 36.2 Å². The summed E-state index contributed by atoms with van der Waals surface area (Å²) >= 11 is 12.2. The molecule has 0 bridgehead atoms. The zero-order valence-electron chi connectivity index (χ0n) is 25.2.